The molecule has 2 heterocycles. The number of aliphatic carboxylic acids is 1. The third-order valence-corrected chi connectivity index (χ3v) is 10.3. The zero-order valence-corrected chi connectivity index (χ0v) is 27.9. The van der Waals surface area contributed by atoms with Crippen molar-refractivity contribution in [1.29, 1.82) is 0 Å². The van der Waals surface area contributed by atoms with Gasteiger partial charge in [-0.2, -0.15) is 0 Å². The molecule has 1 saturated carbocycles. The van der Waals surface area contributed by atoms with Crippen molar-refractivity contribution in [2.75, 3.05) is 19.0 Å². The lowest BCUT2D eigenvalue weighted by Crippen LogP contribution is -2.38. The number of nitrogens with zero attached hydrogens (tertiary/aromatic N) is 2. The first-order chi connectivity index (χ1) is 23.1. The lowest BCUT2D eigenvalue weighted by molar-refractivity contribution is -0.140. The molecule has 1 unspecified atom stereocenters. The van der Waals surface area contributed by atoms with E-state index in [1.54, 1.807) is 12.1 Å². The van der Waals surface area contributed by atoms with E-state index in [1.807, 2.05) is 41.9 Å². The van der Waals surface area contributed by atoms with Crippen molar-refractivity contribution < 1.29 is 28.6 Å². The maximum absolute atomic E-state index is 15.6. The Kier molecular flexibility index (Phi) is 8.57. The standard InChI is InChI=1S/C35H34Cl2FN5O5/c1-43-25-11-14-39-17-24(25)41-32(43)33(44)42-23-8-4-7-21(29(23)36)18-5-3-6-20-19(18)9-10-26(20)48-28-15-27(47-2)22(31(38)30(28)37)16-40-35(12-13-35)34(45)46/h3-8,15,26,39-40H,9-14,16-17H2,1-2H3,(H,42,44)(H,45,46). The Bertz CT molecular complexity index is 1960. The van der Waals surface area contributed by atoms with E-state index in [2.05, 4.69) is 20.9 Å². The summed E-state index contributed by atoms with van der Waals surface area (Å²) in [4.78, 5) is 29.5. The van der Waals surface area contributed by atoms with Crippen molar-refractivity contribution in [1.82, 2.24) is 20.2 Å². The van der Waals surface area contributed by atoms with Gasteiger partial charge in [0.1, 0.15) is 28.2 Å². The molecule has 7 rings (SSSR count). The van der Waals surface area contributed by atoms with Crippen LogP contribution in [0.3, 0.4) is 0 Å². The highest BCUT2D eigenvalue weighted by Crippen LogP contribution is 2.46. The molecule has 10 nitrogen and oxygen atoms in total. The van der Waals surface area contributed by atoms with Gasteiger partial charge in [-0.25, -0.2) is 9.37 Å². The number of ether oxygens (including phenoxy) is 2. The molecule has 1 amide bonds. The lowest BCUT2D eigenvalue weighted by Gasteiger charge is -2.20. The summed E-state index contributed by atoms with van der Waals surface area (Å²) in [7, 11) is 3.27. The summed E-state index contributed by atoms with van der Waals surface area (Å²) in [6, 6.07) is 12.9. The van der Waals surface area contributed by atoms with Crippen LogP contribution in [-0.4, -0.2) is 45.7 Å². The summed E-state index contributed by atoms with van der Waals surface area (Å²) in [6.07, 6.45) is 2.62. The highest BCUT2D eigenvalue weighted by Gasteiger charge is 2.50. The maximum Gasteiger partial charge on any atom is 0.323 e. The molecule has 4 aromatic rings. The van der Waals surface area contributed by atoms with Gasteiger partial charge in [0, 0.05) is 56.0 Å². The Morgan fingerprint density at radius 2 is 1.90 bits per heavy atom. The normalized spacial score (nSPS) is 17.4. The molecule has 0 spiro atoms. The van der Waals surface area contributed by atoms with E-state index >= 15 is 4.39 Å². The van der Waals surface area contributed by atoms with Crippen LogP contribution in [0.2, 0.25) is 10.0 Å². The number of fused-ring (bicyclic) bond motifs is 2. The van der Waals surface area contributed by atoms with E-state index in [0.29, 0.717) is 48.8 Å². The van der Waals surface area contributed by atoms with Crippen molar-refractivity contribution in [2.45, 2.75) is 56.8 Å². The van der Waals surface area contributed by atoms with Crippen molar-refractivity contribution in [2.24, 2.45) is 7.05 Å². The second kappa shape index (κ2) is 12.7. The monoisotopic (exact) mass is 693 g/mol. The number of anilines is 1. The average molecular weight is 695 g/mol. The van der Waals surface area contributed by atoms with Crippen LogP contribution in [-0.2, 0) is 37.8 Å². The maximum atomic E-state index is 15.6. The van der Waals surface area contributed by atoms with Crippen molar-refractivity contribution >= 4 is 40.8 Å². The summed E-state index contributed by atoms with van der Waals surface area (Å²) >= 11 is 13.4. The molecule has 2 aliphatic carbocycles. The molecule has 1 aliphatic heterocycles. The molecule has 3 aliphatic rings. The number of carboxylic acids is 1. The first-order valence-corrected chi connectivity index (χ1v) is 16.5. The number of hydrogen-bond donors (Lipinski definition) is 4. The fourth-order valence-corrected chi connectivity index (χ4v) is 7.21. The highest BCUT2D eigenvalue weighted by molar-refractivity contribution is 6.36. The fraction of sp³-hybridized carbons (Fsp3) is 0.343. The van der Waals surface area contributed by atoms with Crippen molar-refractivity contribution in [3.05, 3.63) is 92.2 Å². The van der Waals surface area contributed by atoms with Crippen LogP contribution < -0.4 is 25.4 Å². The number of hydrogen-bond acceptors (Lipinski definition) is 7. The number of carbonyl (C=O) groups is 2. The zero-order chi connectivity index (χ0) is 33.7. The first kappa shape index (κ1) is 32.4. The molecule has 0 saturated heterocycles. The predicted octanol–water partition coefficient (Wildman–Crippen LogP) is 6.21. The lowest BCUT2D eigenvalue weighted by atomic mass is 9.96. The number of nitrogens with one attached hydrogen (secondary N) is 3. The van der Waals surface area contributed by atoms with Crippen LogP contribution in [0.25, 0.3) is 11.1 Å². The molecule has 1 fully saturated rings. The minimum Gasteiger partial charge on any atom is -0.496 e. The summed E-state index contributed by atoms with van der Waals surface area (Å²) in [5, 5.41) is 18.9. The molecule has 4 N–H and O–H groups in total. The van der Waals surface area contributed by atoms with Gasteiger partial charge < -0.3 is 29.8 Å². The largest absolute Gasteiger partial charge is 0.496 e. The van der Waals surface area contributed by atoms with E-state index in [1.165, 1.54) is 7.11 Å². The van der Waals surface area contributed by atoms with Gasteiger partial charge in [0.15, 0.2) is 11.6 Å². The second-order valence-corrected chi connectivity index (χ2v) is 13.1. The third kappa shape index (κ3) is 5.68. The molecule has 48 heavy (non-hydrogen) atoms. The zero-order valence-electron chi connectivity index (χ0n) is 26.4. The second-order valence-electron chi connectivity index (χ2n) is 12.4. The molecular weight excluding hydrogens is 660 g/mol. The molecule has 0 radical (unpaired) electrons. The summed E-state index contributed by atoms with van der Waals surface area (Å²) in [5.41, 5.74) is 5.10. The van der Waals surface area contributed by atoms with Gasteiger partial charge in [-0.1, -0.05) is 53.5 Å². The number of carbonyl (C=O) groups excluding carboxylic acids is 1. The van der Waals surface area contributed by atoms with Crippen LogP contribution in [0, 0.1) is 5.82 Å². The number of benzene rings is 3. The van der Waals surface area contributed by atoms with Gasteiger partial charge >= 0.3 is 5.97 Å². The number of halogens is 3. The molecule has 3 aromatic carbocycles. The Morgan fingerprint density at radius 3 is 2.62 bits per heavy atom. The van der Waals surface area contributed by atoms with Gasteiger partial charge in [-0.05, 0) is 48.4 Å². The van der Waals surface area contributed by atoms with Gasteiger partial charge in [0.25, 0.3) is 5.91 Å². The number of aromatic nitrogens is 2. The number of imidazole rings is 1. The SMILES string of the molecule is COc1cc(OC2CCc3c(-c4cccc(NC(=O)c5nc6c(n5C)CCNC6)c4Cl)cccc32)c(Cl)c(F)c1CNC1(C(=O)O)CC1. The molecule has 13 heteroatoms. The topological polar surface area (TPSA) is 127 Å². The van der Waals surface area contributed by atoms with E-state index < -0.39 is 23.4 Å². The van der Waals surface area contributed by atoms with Gasteiger partial charge in [0.05, 0.1) is 23.5 Å². The van der Waals surface area contributed by atoms with Gasteiger partial charge in [-0.15, -0.1) is 0 Å². The molecule has 250 valence electrons. The molecule has 1 atom stereocenters. The quantitative estimate of drug-likeness (QED) is 0.154. The van der Waals surface area contributed by atoms with E-state index in [-0.39, 0.29) is 34.5 Å². The summed E-state index contributed by atoms with van der Waals surface area (Å²) < 4.78 is 29.2. The predicted molar refractivity (Wildman–Crippen MR) is 180 cm³/mol. The number of rotatable bonds is 10. The first-order valence-electron chi connectivity index (χ1n) is 15.8. The van der Waals surface area contributed by atoms with Crippen molar-refractivity contribution in [3.63, 3.8) is 0 Å². The number of methoxy groups -OCH3 is 1. The van der Waals surface area contributed by atoms with Crippen LogP contribution in [0.4, 0.5) is 10.1 Å². The fourth-order valence-electron chi connectivity index (χ4n) is 6.72. The van der Waals surface area contributed by atoms with Gasteiger partial charge in [-0.3, -0.25) is 14.9 Å². The van der Waals surface area contributed by atoms with Crippen LogP contribution in [0.1, 0.15) is 64.1 Å². The summed E-state index contributed by atoms with van der Waals surface area (Å²) in [6.45, 7) is 1.41. The van der Waals surface area contributed by atoms with E-state index in [9.17, 15) is 14.7 Å². The van der Waals surface area contributed by atoms with Gasteiger partial charge in [0.2, 0.25) is 0 Å². The number of amides is 1. The minimum absolute atomic E-state index is 0.0571. The Balaban J connectivity index is 1.13. The summed E-state index contributed by atoms with van der Waals surface area (Å²) in [5.74, 6) is -1.36. The third-order valence-electron chi connectivity index (χ3n) is 9.57. The van der Waals surface area contributed by atoms with E-state index in [4.69, 9.17) is 32.7 Å². The minimum atomic E-state index is -1.05. The Hall–Kier alpha value is -4.16. The average Bonchev–Trinajstić information content (AvgIpc) is 3.67. The molecule has 1 aromatic heterocycles. The molecular formula is C35H34Cl2FN5O5. The Labute approximate surface area is 286 Å². The van der Waals surface area contributed by atoms with E-state index in [0.717, 1.165) is 46.6 Å². The highest BCUT2D eigenvalue weighted by atomic mass is 35.5. The van der Waals surface area contributed by atoms with Crippen LogP contribution in [0.5, 0.6) is 11.5 Å². The molecule has 0 bridgehead atoms. The van der Waals surface area contributed by atoms with Crippen LogP contribution in [0.15, 0.2) is 42.5 Å². The smallest absolute Gasteiger partial charge is 0.323 e. The number of carboxylic acid groups (broad SMARTS) is 1. The van der Waals surface area contributed by atoms with Crippen molar-refractivity contribution in [3.8, 4) is 22.6 Å². The van der Waals surface area contributed by atoms with Crippen LogP contribution >= 0.6 is 23.2 Å². The Morgan fingerprint density at radius 1 is 1.12 bits per heavy atom.